The van der Waals surface area contributed by atoms with Gasteiger partial charge in [-0.05, 0) is 37.6 Å². The van der Waals surface area contributed by atoms with E-state index in [2.05, 4.69) is 15.7 Å². The Labute approximate surface area is 140 Å². The minimum atomic E-state index is -0.245. The highest BCUT2D eigenvalue weighted by Gasteiger charge is 2.18. The van der Waals surface area contributed by atoms with Gasteiger partial charge in [0.2, 0.25) is 0 Å². The lowest BCUT2D eigenvalue weighted by atomic mass is 10.1. The molecule has 0 saturated carbocycles. The third-order valence-electron chi connectivity index (χ3n) is 3.61. The van der Waals surface area contributed by atoms with Crippen molar-refractivity contribution < 1.29 is 4.79 Å². The number of para-hydroxylation sites is 1. The summed E-state index contributed by atoms with van der Waals surface area (Å²) in [6.07, 6.45) is 4.07. The predicted molar refractivity (Wildman–Crippen MR) is 90.0 cm³/mol. The normalized spacial score (nSPS) is 17.6. The molecule has 3 rings (SSSR count). The summed E-state index contributed by atoms with van der Waals surface area (Å²) >= 11 is 6.03. The number of rotatable bonds is 3. The highest BCUT2D eigenvalue weighted by Crippen LogP contribution is 2.21. The molecular formula is C15H18Cl2N4O. The Morgan fingerprint density at radius 2 is 2.18 bits per heavy atom. The number of hydrogen-bond donors (Lipinski definition) is 2. The number of nitrogens with zero attached hydrogens (tertiary/aromatic N) is 2. The van der Waals surface area contributed by atoms with Crippen LogP contribution in [0.1, 0.15) is 29.4 Å². The van der Waals surface area contributed by atoms with Gasteiger partial charge in [-0.2, -0.15) is 5.10 Å². The van der Waals surface area contributed by atoms with Gasteiger partial charge in [0.15, 0.2) is 5.69 Å². The summed E-state index contributed by atoms with van der Waals surface area (Å²) in [5.41, 5.74) is 0.999. The van der Waals surface area contributed by atoms with Gasteiger partial charge in [0.05, 0.1) is 16.8 Å². The third kappa shape index (κ3) is 3.80. The van der Waals surface area contributed by atoms with Crippen molar-refractivity contribution >= 4 is 35.6 Å². The van der Waals surface area contributed by atoms with Crippen LogP contribution in [0.4, 0.5) is 5.69 Å². The first-order valence-corrected chi connectivity index (χ1v) is 7.43. The van der Waals surface area contributed by atoms with Crippen molar-refractivity contribution in [1.29, 1.82) is 0 Å². The molecule has 1 saturated heterocycles. The number of benzene rings is 1. The van der Waals surface area contributed by atoms with Gasteiger partial charge in [0.25, 0.3) is 5.91 Å². The van der Waals surface area contributed by atoms with E-state index in [0.29, 0.717) is 22.4 Å². The van der Waals surface area contributed by atoms with Crippen molar-refractivity contribution in [2.24, 2.45) is 0 Å². The van der Waals surface area contributed by atoms with E-state index in [4.69, 9.17) is 11.6 Å². The van der Waals surface area contributed by atoms with Crippen LogP contribution < -0.4 is 10.6 Å². The second-order valence-electron chi connectivity index (χ2n) is 5.12. The van der Waals surface area contributed by atoms with E-state index in [1.54, 1.807) is 18.2 Å². The van der Waals surface area contributed by atoms with Crippen molar-refractivity contribution in [1.82, 2.24) is 15.1 Å². The predicted octanol–water partition coefficient (Wildman–Crippen LogP) is 3.14. The van der Waals surface area contributed by atoms with Crippen LogP contribution in [-0.4, -0.2) is 28.8 Å². The van der Waals surface area contributed by atoms with Crippen LogP contribution >= 0.6 is 24.0 Å². The van der Waals surface area contributed by atoms with Crippen LogP contribution in [0.3, 0.4) is 0 Å². The van der Waals surface area contributed by atoms with E-state index < -0.39 is 0 Å². The van der Waals surface area contributed by atoms with Crippen LogP contribution in [0.5, 0.6) is 0 Å². The molecule has 0 spiro atoms. The first-order chi connectivity index (χ1) is 10.2. The van der Waals surface area contributed by atoms with E-state index in [0.717, 1.165) is 25.9 Å². The Morgan fingerprint density at radius 3 is 2.91 bits per heavy atom. The van der Waals surface area contributed by atoms with Crippen molar-refractivity contribution in [3.8, 4) is 0 Å². The van der Waals surface area contributed by atoms with E-state index in [1.807, 2.05) is 23.0 Å². The highest BCUT2D eigenvalue weighted by molar-refractivity contribution is 6.33. The second kappa shape index (κ2) is 7.63. The molecule has 1 aliphatic rings. The quantitative estimate of drug-likeness (QED) is 0.902. The lowest BCUT2D eigenvalue weighted by Crippen LogP contribution is -2.32. The molecular weight excluding hydrogens is 323 g/mol. The standard InChI is InChI=1S/C15H17ClN4O.ClH/c16-12-5-1-2-6-13(12)18-15(21)14-7-9-20(19-14)11-4-3-8-17-10-11;/h1-2,5-7,9,11,17H,3-4,8,10H2,(H,18,21);1H. The second-order valence-corrected chi connectivity index (χ2v) is 5.52. The van der Waals surface area contributed by atoms with Gasteiger partial charge in [-0.15, -0.1) is 12.4 Å². The van der Waals surface area contributed by atoms with Gasteiger partial charge >= 0.3 is 0 Å². The van der Waals surface area contributed by atoms with Gasteiger partial charge in [-0.25, -0.2) is 0 Å². The molecule has 7 heteroatoms. The summed E-state index contributed by atoms with van der Waals surface area (Å²) in [6, 6.07) is 9.21. The summed E-state index contributed by atoms with van der Waals surface area (Å²) in [5, 5.41) is 11.0. The zero-order chi connectivity index (χ0) is 14.7. The topological polar surface area (TPSA) is 59.0 Å². The molecule has 0 bridgehead atoms. The lowest BCUT2D eigenvalue weighted by molar-refractivity contribution is 0.102. The molecule has 1 fully saturated rings. The van der Waals surface area contributed by atoms with Crippen molar-refractivity contribution in [3.63, 3.8) is 0 Å². The third-order valence-corrected chi connectivity index (χ3v) is 3.94. The number of carbonyl (C=O) groups is 1. The van der Waals surface area contributed by atoms with Crippen molar-refractivity contribution in [3.05, 3.63) is 47.2 Å². The van der Waals surface area contributed by atoms with Crippen LogP contribution in [0.25, 0.3) is 0 Å². The molecule has 0 radical (unpaired) electrons. The largest absolute Gasteiger partial charge is 0.319 e. The molecule has 0 aliphatic carbocycles. The Morgan fingerprint density at radius 1 is 1.36 bits per heavy atom. The highest BCUT2D eigenvalue weighted by atomic mass is 35.5. The number of hydrogen-bond acceptors (Lipinski definition) is 3. The summed E-state index contributed by atoms with van der Waals surface area (Å²) in [7, 11) is 0. The van der Waals surface area contributed by atoms with Gasteiger partial charge in [0.1, 0.15) is 0 Å². The number of carbonyl (C=O) groups excluding carboxylic acids is 1. The Balaban J connectivity index is 0.00000176. The zero-order valence-electron chi connectivity index (χ0n) is 12.0. The van der Waals surface area contributed by atoms with Crippen LogP contribution in [0, 0.1) is 0 Å². The molecule has 1 aromatic carbocycles. The van der Waals surface area contributed by atoms with E-state index >= 15 is 0 Å². The molecule has 1 aliphatic heterocycles. The molecule has 22 heavy (non-hydrogen) atoms. The summed E-state index contributed by atoms with van der Waals surface area (Å²) in [6.45, 7) is 1.95. The van der Waals surface area contributed by atoms with Crippen molar-refractivity contribution in [2.75, 3.05) is 18.4 Å². The monoisotopic (exact) mass is 340 g/mol. The lowest BCUT2D eigenvalue weighted by Gasteiger charge is -2.22. The molecule has 118 valence electrons. The van der Waals surface area contributed by atoms with Gasteiger partial charge < -0.3 is 10.6 Å². The Kier molecular flexibility index (Phi) is 5.83. The zero-order valence-corrected chi connectivity index (χ0v) is 13.5. The maximum absolute atomic E-state index is 12.2. The van der Waals surface area contributed by atoms with Gasteiger partial charge in [0, 0.05) is 12.7 Å². The SMILES string of the molecule is Cl.O=C(Nc1ccccc1Cl)c1ccn(C2CCCNC2)n1. The number of nitrogens with one attached hydrogen (secondary N) is 2. The number of amides is 1. The first-order valence-electron chi connectivity index (χ1n) is 7.06. The summed E-state index contributed by atoms with van der Waals surface area (Å²) in [4.78, 5) is 12.2. The minimum absolute atomic E-state index is 0. The average Bonchev–Trinajstić information content (AvgIpc) is 3.00. The molecule has 1 aromatic heterocycles. The maximum atomic E-state index is 12.2. The van der Waals surface area contributed by atoms with E-state index in [9.17, 15) is 4.79 Å². The van der Waals surface area contributed by atoms with E-state index in [1.165, 1.54) is 0 Å². The fourth-order valence-corrected chi connectivity index (χ4v) is 2.65. The molecule has 1 amide bonds. The first kappa shape index (κ1) is 16.8. The average molecular weight is 341 g/mol. The molecule has 2 N–H and O–H groups in total. The van der Waals surface area contributed by atoms with Gasteiger partial charge in [-0.3, -0.25) is 9.48 Å². The number of piperidine rings is 1. The molecule has 2 heterocycles. The smallest absolute Gasteiger partial charge is 0.276 e. The fraction of sp³-hybridized carbons (Fsp3) is 0.333. The molecule has 2 aromatic rings. The van der Waals surface area contributed by atoms with Crippen LogP contribution in [-0.2, 0) is 0 Å². The molecule has 1 atom stereocenters. The van der Waals surface area contributed by atoms with Crippen LogP contribution in [0.15, 0.2) is 36.5 Å². The maximum Gasteiger partial charge on any atom is 0.276 e. The van der Waals surface area contributed by atoms with E-state index in [-0.39, 0.29) is 18.3 Å². The van der Waals surface area contributed by atoms with Crippen LogP contribution in [0.2, 0.25) is 5.02 Å². The summed E-state index contributed by atoms with van der Waals surface area (Å²) in [5.74, 6) is -0.245. The van der Waals surface area contributed by atoms with Gasteiger partial charge in [-0.1, -0.05) is 23.7 Å². The fourth-order valence-electron chi connectivity index (χ4n) is 2.47. The summed E-state index contributed by atoms with van der Waals surface area (Å²) < 4.78 is 1.87. The van der Waals surface area contributed by atoms with Crippen molar-refractivity contribution in [2.45, 2.75) is 18.9 Å². The molecule has 5 nitrogen and oxygen atoms in total. The Hall–Kier alpha value is -1.56. The molecule has 1 unspecified atom stereocenters. The Bertz CT molecular complexity index is 638. The number of anilines is 1. The number of halogens is 2. The minimum Gasteiger partial charge on any atom is -0.319 e. The number of aromatic nitrogens is 2.